The molecule has 0 aliphatic heterocycles. The molecule has 2 N–H and O–H groups in total. The van der Waals surface area contributed by atoms with E-state index in [1.54, 1.807) is 26.4 Å². The zero-order chi connectivity index (χ0) is 23.4. The van der Waals surface area contributed by atoms with Crippen molar-refractivity contribution in [1.29, 1.82) is 0 Å². The molecule has 9 nitrogen and oxygen atoms in total. The molecule has 1 fully saturated rings. The van der Waals surface area contributed by atoms with E-state index in [0.717, 1.165) is 25.7 Å². The number of fused-ring (bicyclic) bond motifs is 1. The highest BCUT2D eigenvalue weighted by Crippen LogP contribution is 2.27. The molecule has 33 heavy (non-hydrogen) atoms. The predicted octanol–water partition coefficient (Wildman–Crippen LogP) is 3.78. The molecule has 0 atom stereocenters. The van der Waals surface area contributed by atoms with Gasteiger partial charge >= 0.3 is 0 Å². The molecule has 0 radical (unpaired) electrons. The quantitative estimate of drug-likeness (QED) is 0.534. The minimum absolute atomic E-state index is 0.0148. The average molecular weight is 474 g/mol. The third-order valence-electron chi connectivity index (χ3n) is 5.51. The number of carbonyl (C=O) groups is 1. The summed E-state index contributed by atoms with van der Waals surface area (Å²) in [5.74, 6) is 0.419. The molecule has 174 valence electrons. The Bertz CT molecular complexity index is 1140. The molecule has 1 aromatic carbocycles. The molecule has 1 amide bonds. The smallest absolute Gasteiger partial charge is 0.248 e. The van der Waals surface area contributed by atoms with E-state index in [9.17, 15) is 9.18 Å². The van der Waals surface area contributed by atoms with E-state index in [4.69, 9.17) is 16.3 Å². The molecule has 0 bridgehead atoms. The molecular weight excluding hydrogens is 449 g/mol. The van der Waals surface area contributed by atoms with Crippen molar-refractivity contribution < 1.29 is 13.9 Å². The van der Waals surface area contributed by atoms with Crippen molar-refractivity contribution in [3.05, 3.63) is 41.6 Å². The van der Waals surface area contributed by atoms with Gasteiger partial charge in [0.1, 0.15) is 29.8 Å². The minimum atomic E-state index is -0.493. The van der Waals surface area contributed by atoms with Crippen LogP contribution in [0.5, 0.6) is 0 Å². The third-order valence-corrected chi connectivity index (χ3v) is 5.80. The van der Waals surface area contributed by atoms with Gasteiger partial charge in [0.25, 0.3) is 0 Å². The number of hydrogen-bond acceptors (Lipinski definition) is 8. The fraction of sp³-hybridized carbons (Fsp3) is 0.409. The Morgan fingerprint density at radius 3 is 2.73 bits per heavy atom. The minimum Gasteiger partial charge on any atom is -0.368 e. The highest BCUT2D eigenvalue weighted by atomic mass is 35.5. The van der Waals surface area contributed by atoms with E-state index in [2.05, 4.69) is 30.6 Å². The number of nitrogens with one attached hydrogen (secondary N) is 2. The molecule has 1 saturated carbocycles. The monoisotopic (exact) mass is 473 g/mol. The summed E-state index contributed by atoms with van der Waals surface area (Å²) < 4.78 is 19.2. The van der Waals surface area contributed by atoms with Crippen molar-refractivity contribution in [1.82, 2.24) is 24.8 Å². The van der Waals surface area contributed by atoms with Crippen molar-refractivity contribution in [3.8, 4) is 0 Å². The van der Waals surface area contributed by atoms with Gasteiger partial charge in [-0.05, 0) is 43.9 Å². The van der Waals surface area contributed by atoms with Crippen LogP contribution in [-0.4, -0.2) is 63.6 Å². The number of ether oxygens (including phenoxy) is 1. The molecule has 4 rings (SSSR count). The summed E-state index contributed by atoms with van der Waals surface area (Å²) in [4.78, 5) is 30.7. The molecule has 3 aromatic rings. The lowest BCUT2D eigenvalue weighted by Crippen LogP contribution is -2.33. The fourth-order valence-electron chi connectivity index (χ4n) is 3.60. The second-order valence-electron chi connectivity index (χ2n) is 8.12. The highest BCUT2D eigenvalue weighted by Gasteiger charge is 2.23. The summed E-state index contributed by atoms with van der Waals surface area (Å²) in [5.41, 5.74) is 1.70. The summed E-state index contributed by atoms with van der Waals surface area (Å²) in [6.45, 7) is 0.110. The number of likely N-dealkylation sites (N-methyl/N-ethyl adjacent to an activating group) is 1. The molecule has 1 aliphatic carbocycles. The number of benzene rings is 1. The zero-order valence-corrected chi connectivity index (χ0v) is 19.1. The SMILES string of the molecule is CN(C)C(=O)COC1CCC(Nc2ncc3ncnc(Nc4ccc(F)c(Cl)c4)c3n2)CC1. The Morgan fingerprint density at radius 2 is 2.00 bits per heavy atom. The number of rotatable bonds is 7. The van der Waals surface area contributed by atoms with Crippen LogP contribution >= 0.6 is 11.6 Å². The van der Waals surface area contributed by atoms with Crippen molar-refractivity contribution in [2.75, 3.05) is 31.3 Å². The van der Waals surface area contributed by atoms with Crippen LogP contribution < -0.4 is 10.6 Å². The van der Waals surface area contributed by atoms with Gasteiger partial charge in [-0.1, -0.05) is 11.6 Å². The molecule has 2 heterocycles. The van der Waals surface area contributed by atoms with Crippen LogP contribution in [0.2, 0.25) is 5.02 Å². The number of anilines is 3. The van der Waals surface area contributed by atoms with Crippen LogP contribution in [0.4, 0.5) is 21.8 Å². The van der Waals surface area contributed by atoms with Gasteiger partial charge in [0.15, 0.2) is 5.82 Å². The standard InChI is InChI=1S/C22H25ClFN7O2/c1-31(2)19(32)11-33-15-6-3-13(4-7-15)29-22-25-10-18-20(30-22)21(27-12-26-18)28-14-5-8-17(24)16(23)9-14/h5,8-10,12-13,15H,3-4,6-7,11H2,1-2H3,(H,25,29,30)(H,26,27,28). The summed E-state index contributed by atoms with van der Waals surface area (Å²) in [6.07, 6.45) is 6.60. The Balaban J connectivity index is 1.40. The van der Waals surface area contributed by atoms with Gasteiger partial charge < -0.3 is 20.3 Å². The van der Waals surface area contributed by atoms with Crippen LogP contribution in [0.25, 0.3) is 11.0 Å². The summed E-state index contributed by atoms with van der Waals surface area (Å²) in [6, 6.07) is 4.54. The number of halogens is 2. The van der Waals surface area contributed by atoms with E-state index in [1.165, 1.54) is 23.4 Å². The second-order valence-corrected chi connectivity index (χ2v) is 8.53. The Hall–Kier alpha value is -3.11. The molecule has 0 unspecified atom stereocenters. The first kappa shape index (κ1) is 23.1. The topological polar surface area (TPSA) is 105 Å². The highest BCUT2D eigenvalue weighted by molar-refractivity contribution is 6.31. The molecule has 0 saturated heterocycles. The van der Waals surface area contributed by atoms with Crippen molar-refractivity contribution in [2.24, 2.45) is 0 Å². The van der Waals surface area contributed by atoms with E-state index < -0.39 is 5.82 Å². The fourth-order valence-corrected chi connectivity index (χ4v) is 3.78. The normalized spacial score (nSPS) is 18.2. The predicted molar refractivity (Wildman–Crippen MR) is 124 cm³/mol. The van der Waals surface area contributed by atoms with Gasteiger partial charge in [0.2, 0.25) is 11.9 Å². The molecule has 0 spiro atoms. The van der Waals surface area contributed by atoms with Gasteiger partial charge in [-0.3, -0.25) is 4.79 Å². The number of carbonyl (C=O) groups excluding carboxylic acids is 1. The van der Waals surface area contributed by atoms with Crippen molar-refractivity contribution >= 4 is 46.0 Å². The maximum atomic E-state index is 13.5. The lowest BCUT2D eigenvalue weighted by molar-refractivity contribution is -0.136. The maximum absolute atomic E-state index is 13.5. The Kier molecular flexibility index (Phi) is 7.14. The zero-order valence-electron chi connectivity index (χ0n) is 18.4. The number of hydrogen-bond donors (Lipinski definition) is 2. The van der Waals surface area contributed by atoms with Gasteiger partial charge in [-0.25, -0.2) is 24.3 Å². The lowest BCUT2D eigenvalue weighted by Gasteiger charge is -2.29. The van der Waals surface area contributed by atoms with Crippen LogP contribution in [0.15, 0.2) is 30.7 Å². The average Bonchev–Trinajstić information content (AvgIpc) is 2.81. The molecule has 2 aromatic heterocycles. The Morgan fingerprint density at radius 1 is 1.21 bits per heavy atom. The van der Waals surface area contributed by atoms with Gasteiger partial charge in [0, 0.05) is 25.8 Å². The lowest BCUT2D eigenvalue weighted by atomic mass is 9.93. The van der Waals surface area contributed by atoms with Crippen molar-refractivity contribution in [2.45, 2.75) is 37.8 Å². The summed E-state index contributed by atoms with van der Waals surface area (Å²) >= 11 is 5.88. The van der Waals surface area contributed by atoms with E-state index in [-0.39, 0.29) is 29.7 Å². The first-order valence-corrected chi connectivity index (χ1v) is 11.0. The summed E-state index contributed by atoms with van der Waals surface area (Å²) in [5, 5.41) is 6.51. The number of aromatic nitrogens is 4. The first-order valence-electron chi connectivity index (χ1n) is 10.7. The molecular formula is C22H25ClFN7O2. The Labute approximate surface area is 195 Å². The molecule has 1 aliphatic rings. The molecule has 11 heteroatoms. The third kappa shape index (κ3) is 5.82. The van der Waals surface area contributed by atoms with Crippen LogP contribution in [0.1, 0.15) is 25.7 Å². The van der Waals surface area contributed by atoms with E-state index in [0.29, 0.717) is 28.5 Å². The van der Waals surface area contributed by atoms with Gasteiger partial charge in [-0.2, -0.15) is 0 Å². The van der Waals surface area contributed by atoms with E-state index in [1.807, 2.05) is 0 Å². The maximum Gasteiger partial charge on any atom is 0.248 e. The van der Waals surface area contributed by atoms with E-state index >= 15 is 0 Å². The van der Waals surface area contributed by atoms with Gasteiger partial charge in [-0.15, -0.1) is 0 Å². The largest absolute Gasteiger partial charge is 0.368 e. The second kappa shape index (κ2) is 10.2. The van der Waals surface area contributed by atoms with Crippen LogP contribution in [0.3, 0.4) is 0 Å². The van der Waals surface area contributed by atoms with Crippen LogP contribution in [0, 0.1) is 5.82 Å². The van der Waals surface area contributed by atoms with Gasteiger partial charge in [0.05, 0.1) is 17.3 Å². The first-order chi connectivity index (χ1) is 15.9. The number of amides is 1. The van der Waals surface area contributed by atoms with Crippen LogP contribution in [-0.2, 0) is 9.53 Å². The van der Waals surface area contributed by atoms with Crippen molar-refractivity contribution in [3.63, 3.8) is 0 Å². The summed E-state index contributed by atoms with van der Waals surface area (Å²) in [7, 11) is 3.44. The number of nitrogens with zero attached hydrogens (tertiary/aromatic N) is 5.